The predicted molar refractivity (Wildman–Crippen MR) is 245 cm³/mol. The van der Waals surface area contributed by atoms with Crippen LogP contribution in [0, 0.1) is 13.8 Å². The van der Waals surface area contributed by atoms with E-state index in [4.69, 9.17) is 0 Å². The molecule has 0 spiro atoms. The molecule has 348 valence electrons. The van der Waals surface area contributed by atoms with E-state index >= 15 is 26.3 Å². The molecule has 0 unspecified atom stereocenters. The molecule has 3 rings (SSSR count). The number of unbranched alkanes of at least 4 members (excludes halogenated alkanes) is 26. The van der Waals surface area contributed by atoms with Crippen LogP contribution in [0.1, 0.15) is 234 Å². The van der Waals surface area contributed by atoms with Gasteiger partial charge in [-0.3, -0.25) is 9.59 Å². The van der Waals surface area contributed by atoms with E-state index in [-0.39, 0.29) is 20.9 Å². The highest BCUT2D eigenvalue weighted by Crippen LogP contribution is 2.66. The third kappa shape index (κ3) is 16.0. The molecule has 2 heterocycles. The summed E-state index contributed by atoms with van der Waals surface area (Å²) in [6, 6.07) is 2.57. The maximum atomic E-state index is 15.7. The molecular formula is C49H76F6N2O2S2. The Bertz CT molecular complexity index is 1500. The average Bonchev–Trinajstić information content (AvgIpc) is 3.83. The summed E-state index contributed by atoms with van der Waals surface area (Å²) in [5.74, 6) is -17.3. The van der Waals surface area contributed by atoms with E-state index in [9.17, 15) is 9.59 Å². The number of rotatable bonds is 34. The SMILES string of the molecule is CCCCCCCCCCCCCCCCNC(=O)c1cc(C)c(C2=C(c3sc(C(=O)NCCCCCCCCCCCCCCCC)cc3C)C(F)(F)C(F)(F)C2(F)F)s1. The fraction of sp³-hybridized carbons (Fsp3) is 0.755. The number of carbonyl (C=O) groups is 2. The molecule has 0 aliphatic heterocycles. The molecule has 2 N–H and O–H groups in total. The Hall–Kier alpha value is -2.34. The first-order valence-corrected chi connectivity index (χ1v) is 25.5. The van der Waals surface area contributed by atoms with Crippen molar-refractivity contribution in [2.45, 2.75) is 225 Å². The Morgan fingerprint density at radius 2 is 0.689 bits per heavy atom. The lowest BCUT2D eigenvalue weighted by atomic mass is 10.0. The zero-order valence-corrected chi connectivity index (χ0v) is 39.4. The van der Waals surface area contributed by atoms with Crippen LogP contribution in [-0.2, 0) is 0 Å². The van der Waals surface area contributed by atoms with Gasteiger partial charge in [-0.15, -0.1) is 22.7 Å². The molecule has 2 amide bonds. The molecule has 1 aliphatic carbocycles. The fourth-order valence-electron chi connectivity index (χ4n) is 8.24. The summed E-state index contributed by atoms with van der Waals surface area (Å²) in [5.41, 5.74) is -2.94. The first kappa shape index (κ1) is 53.0. The lowest BCUT2D eigenvalue weighted by Crippen LogP contribution is -2.48. The zero-order chi connectivity index (χ0) is 44.7. The third-order valence-electron chi connectivity index (χ3n) is 12.0. The Kier molecular flexibility index (Phi) is 24.1. The van der Waals surface area contributed by atoms with Gasteiger partial charge in [-0.1, -0.05) is 181 Å². The van der Waals surface area contributed by atoms with Crippen LogP contribution in [0.25, 0.3) is 11.1 Å². The third-order valence-corrected chi connectivity index (χ3v) is 14.5. The van der Waals surface area contributed by atoms with Crippen molar-refractivity contribution in [2.24, 2.45) is 0 Å². The maximum Gasteiger partial charge on any atom is 0.380 e. The van der Waals surface area contributed by atoms with Gasteiger partial charge in [0.2, 0.25) is 0 Å². The molecular weight excluding hydrogens is 827 g/mol. The van der Waals surface area contributed by atoms with Crippen LogP contribution >= 0.6 is 22.7 Å². The molecule has 61 heavy (non-hydrogen) atoms. The molecule has 1 aliphatic rings. The van der Waals surface area contributed by atoms with Crippen molar-refractivity contribution in [3.63, 3.8) is 0 Å². The summed E-state index contributed by atoms with van der Waals surface area (Å²) in [4.78, 5) is 25.1. The van der Waals surface area contributed by atoms with Crippen LogP contribution in [0.5, 0.6) is 0 Å². The molecule has 0 aromatic carbocycles. The highest BCUT2D eigenvalue weighted by molar-refractivity contribution is 7.16. The number of thiophene rings is 2. The van der Waals surface area contributed by atoms with E-state index in [1.54, 1.807) is 0 Å². The van der Waals surface area contributed by atoms with Crippen molar-refractivity contribution >= 4 is 45.6 Å². The molecule has 0 saturated carbocycles. The lowest BCUT2D eigenvalue weighted by molar-refractivity contribution is -0.254. The van der Waals surface area contributed by atoms with Gasteiger partial charge in [0, 0.05) is 22.8 Å². The van der Waals surface area contributed by atoms with Crippen molar-refractivity contribution in [1.29, 1.82) is 0 Å². The Morgan fingerprint density at radius 1 is 0.443 bits per heavy atom. The second kappa shape index (κ2) is 27.8. The first-order chi connectivity index (χ1) is 29.2. The summed E-state index contributed by atoms with van der Waals surface area (Å²) in [7, 11) is 0. The first-order valence-electron chi connectivity index (χ1n) is 23.9. The quantitative estimate of drug-likeness (QED) is 0.0543. The molecule has 0 saturated heterocycles. The standard InChI is InChI=1S/C49H76F6N2O2S2/c1-5-7-9-11-13-15-17-19-21-23-25-27-29-31-33-56-45(58)39-35-37(3)43(60-39)41-42(48(52,53)49(54,55)47(41,50)51)44-38(4)36-40(61-44)46(59)57-34-32-30-28-26-24-22-20-18-16-14-12-10-8-6-2/h35-36H,5-34H2,1-4H3,(H,56,58)(H,57,59). The van der Waals surface area contributed by atoms with Crippen molar-refractivity contribution in [3.05, 3.63) is 42.8 Å². The van der Waals surface area contributed by atoms with E-state index in [1.165, 1.54) is 154 Å². The Balaban J connectivity index is 1.51. The van der Waals surface area contributed by atoms with Crippen LogP contribution in [0.4, 0.5) is 26.3 Å². The van der Waals surface area contributed by atoms with Crippen LogP contribution in [0.15, 0.2) is 12.1 Å². The summed E-state index contributed by atoms with van der Waals surface area (Å²) < 4.78 is 93.0. The van der Waals surface area contributed by atoms with E-state index in [0.29, 0.717) is 35.8 Å². The van der Waals surface area contributed by atoms with E-state index in [2.05, 4.69) is 24.5 Å². The summed E-state index contributed by atoms with van der Waals surface area (Å²) in [5, 5.41) is 5.54. The second-order valence-electron chi connectivity index (χ2n) is 17.4. The molecule has 0 bridgehead atoms. The highest BCUT2D eigenvalue weighted by Gasteiger charge is 2.80. The van der Waals surface area contributed by atoms with E-state index < -0.39 is 50.5 Å². The topological polar surface area (TPSA) is 58.2 Å². The van der Waals surface area contributed by atoms with Crippen molar-refractivity contribution < 1.29 is 35.9 Å². The summed E-state index contributed by atoms with van der Waals surface area (Å²) in [6.45, 7) is 7.85. The minimum Gasteiger partial charge on any atom is -0.351 e. The van der Waals surface area contributed by atoms with Gasteiger partial charge in [0.1, 0.15) is 0 Å². The molecule has 0 atom stereocenters. The van der Waals surface area contributed by atoms with Crippen LogP contribution in [0.2, 0.25) is 0 Å². The number of aryl methyl sites for hydroxylation is 2. The molecule has 0 fully saturated rings. The molecule has 2 aromatic heterocycles. The molecule has 2 aromatic rings. The Morgan fingerprint density at radius 3 is 0.951 bits per heavy atom. The minimum atomic E-state index is -5.73. The number of carbonyl (C=O) groups excluding carboxylic acids is 2. The van der Waals surface area contributed by atoms with Gasteiger partial charge in [0.15, 0.2) is 0 Å². The minimum absolute atomic E-state index is 0.0210. The van der Waals surface area contributed by atoms with Crippen LogP contribution in [0.3, 0.4) is 0 Å². The van der Waals surface area contributed by atoms with Crippen LogP contribution in [-0.4, -0.2) is 42.7 Å². The van der Waals surface area contributed by atoms with Gasteiger partial charge >= 0.3 is 17.8 Å². The number of halogens is 6. The number of allylic oxidation sites excluding steroid dienone is 2. The highest BCUT2D eigenvalue weighted by atomic mass is 32.1. The largest absolute Gasteiger partial charge is 0.380 e. The second-order valence-corrected chi connectivity index (χ2v) is 19.5. The van der Waals surface area contributed by atoms with Gasteiger partial charge < -0.3 is 10.6 Å². The molecule has 4 nitrogen and oxygen atoms in total. The van der Waals surface area contributed by atoms with Crippen molar-refractivity contribution in [2.75, 3.05) is 13.1 Å². The molecule has 12 heteroatoms. The summed E-state index contributed by atoms with van der Waals surface area (Å²) >= 11 is 1.02. The number of alkyl halides is 6. The van der Waals surface area contributed by atoms with E-state index in [0.717, 1.165) is 51.4 Å². The van der Waals surface area contributed by atoms with Gasteiger partial charge in [-0.25, -0.2) is 0 Å². The number of nitrogens with one attached hydrogen (secondary N) is 2. The predicted octanol–water partition coefficient (Wildman–Crippen LogP) is 16.7. The maximum absolute atomic E-state index is 15.7. The number of hydrogen-bond donors (Lipinski definition) is 2. The van der Waals surface area contributed by atoms with Gasteiger partial charge in [-0.05, 0) is 49.9 Å². The zero-order valence-electron chi connectivity index (χ0n) is 37.8. The normalized spacial score (nSPS) is 15.5. The number of amides is 2. The lowest BCUT2D eigenvalue weighted by Gasteiger charge is -2.25. The Labute approximate surface area is 371 Å². The van der Waals surface area contributed by atoms with Gasteiger partial charge in [-0.2, -0.15) is 26.3 Å². The van der Waals surface area contributed by atoms with Crippen molar-refractivity contribution in [3.8, 4) is 0 Å². The number of hydrogen-bond acceptors (Lipinski definition) is 4. The average molecular weight is 903 g/mol. The summed E-state index contributed by atoms with van der Waals surface area (Å²) in [6.07, 6.45) is 33.3. The monoisotopic (exact) mass is 903 g/mol. The van der Waals surface area contributed by atoms with Gasteiger partial charge in [0.05, 0.1) is 20.9 Å². The molecule has 0 radical (unpaired) electrons. The fourth-order valence-corrected chi connectivity index (χ4v) is 10.6. The van der Waals surface area contributed by atoms with Crippen LogP contribution < -0.4 is 10.6 Å². The van der Waals surface area contributed by atoms with Gasteiger partial charge in [0.25, 0.3) is 11.8 Å². The van der Waals surface area contributed by atoms with Crippen molar-refractivity contribution in [1.82, 2.24) is 10.6 Å². The van der Waals surface area contributed by atoms with E-state index in [1.807, 2.05) is 0 Å². The smallest absolute Gasteiger partial charge is 0.351 e.